The number of piperazine rings is 1. The maximum Gasteiger partial charge on any atom is 0.225 e. The number of anilines is 1. The van der Waals surface area contributed by atoms with Crippen LogP contribution in [0, 0.1) is 11.7 Å². The van der Waals surface area contributed by atoms with E-state index in [0.29, 0.717) is 13.0 Å². The van der Waals surface area contributed by atoms with Crippen LogP contribution in [-0.4, -0.2) is 50.1 Å². The van der Waals surface area contributed by atoms with Crippen molar-refractivity contribution in [3.05, 3.63) is 95.3 Å². The Morgan fingerprint density at radius 3 is 2.60 bits per heavy atom. The molecule has 182 valence electrons. The van der Waals surface area contributed by atoms with Crippen LogP contribution in [0.1, 0.15) is 16.7 Å². The molecule has 0 saturated carbocycles. The molecule has 3 aromatic carbocycles. The van der Waals surface area contributed by atoms with Crippen LogP contribution < -0.4 is 15.0 Å². The monoisotopic (exact) mass is 473 g/mol. The molecule has 0 bridgehead atoms. The van der Waals surface area contributed by atoms with Gasteiger partial charge in [-0.2, -0.15) is 0 Å². The lowest BCUT2D eigenvalue weighted by molar-refractivity contribution is -0.126. The van der Waals surface area contributed by atoms with Gasteiger partial charge in [0.05, 0.1) is 19.1 Å². The summed E-state index contributed by atoms with van der Waals surface area (Å²) in [7, 11) is 1.69. The first-order valence-corrected chi connectivity index (χ1v) is 12.3. The number of nitrogens with one attached hydrogen (secondary N) is 1. The van der Waals surface area contributed by atoms with Crippen LogP contribution in [-0.2, 0) is 24.2 Å². The summed E-state index contributed by atoms with van der Waals surface area (Å²) < 4.78 is 18.9. The molecule has 0 aromatic heterocycles. The van der Waals surface area contributed by atoms with Crippen molar-refractivity contribution in [3.63, 3.8) is 0 Å². The minimum Gasteiger partial charge on any atom is -0.497 e. The van der Waals surface area contributed by atoms with Crippen LogP contribution in [0.25, 0.3) is 0 Å². The molecule has 5 nitrogen and oxygen atoms in total. The van der Waals surface area contributed by atoms with Crippen LogP contribution in [0.4, 0.5) is 10.1 Å². The lowest BCUT2D eigenvalue weighted by atomic mass is 9.83. The molecular weight excluding hydrogens is 441 g/mol. The number of benzene rings is 3. The van der Waals surface area contributed by atoms with Crippen LogP contribution in [0.2, 0.25) is 0 Å². The van der Waals surface area contributed by atoms with Gasteiger partial charge in [-0.05, 0) is 47.7 Å². The number of carbonyl (C=O) groups excluding carboxylic acids is 1. The molecule has 0 unspecified atom stereocenters. The first-order valence-electron chi connectivity index (χ1n) is 12.3. The van der Waals surface area contributed by atoms with Crippen molar-refractivity contribution in [2.45, 2.75) is 25.4 Å². The molecule has 5 rings (SSSR count). The molecule has 6 heteroatoms. The van der Waals surface area contributed by atoms with E-state index in [-0.39, 0.29) is 23.7 Å². The molecule has 0 aliphatic carbocycles. The number of ether oxygens (including phenoxy) is 1. The Kier molecular flexibility index (Phi) is 7.00. The molecule has 2 aliphatic rings. The third kappa shape index (κ3) is 5.33. The van der Waals surface area contributed by atoms with Gasteiger partial charge in [0.1, 0.15) is 11.6 Å². The Morgan fingerprint density at radius 1 is 1.03 bits per heavy atom. The van der Waals surface area contributed by atoms with E-state index in [1.807, 2.05) is 36.4 Å². The lowest BCUT2D eigenvalue weighted by Crippen LogP contribution is -2.61. The average Bonchev–Trinajstić information content (AvgIpc) is 2.89. The molecule has 2 atom stereocenters. The Hall–Kier alpha value is -3.38. The molecule has 1 saturated heterocycles. The largest absolute Gasteiger partial charge is 0.497 e. The fourth-order valence-corrected chi connectivity index (χ4v) is 5.36. The highest BCUT2D eigenvalue weighted by atomic mass is 19.1. The van der Waals surface area contributed by atoms with Gasteiger partial charge in [0, 0.05) is 44.5 Å². The summed E-state index contributed by atoms with van der Waals surface area (Å²) >= 11 is 0. The van der Waals surface area contributed by atoms with Crippen molar-refractivity contribution in [1.29, 1.82) is 0 Å². The zero-order chi connectivity index (χ0) is 24.2. The standard InChI is InChI=1S/C29H32FN3O2/c1-35-25-12-9-23-17-26(29(34)31-14-13-21-5-3-2-4-6-21)28-20-32(15-16-33(28)27(23)18-25)19-22-7-10-24(30)11-8-22/h2-12,18,26,28H,13-17,19-20H2,1H3,(H,31,34)/t26-,28-/m1/s1. The molecule has 35 heavy (non-hydrogen) atoms. The molecule has 3 aromatic rings. The number of methoxy groups -OCH3 is 1. The van der Waals surface area contributed by atoms with Gasteiger partial charge in [0.25, 0.3) is 0 Å². The van der Waals surface area contributed by atoms with Gasteiger partial charge >= 0.3 is 0 Å². The second kappa shape index (κ2) is 10.5. The quantitative estimate of drug-likeness (QED) is 0.562. The van der Waals surface area contributed by atoms with Gasteiger partial charge < -0.3 is 15.0 Å². The fourth-order valence-electron chi connectivity index (χ4n) is 5.36. The Morgan fingerprint density at radius 2 is 1.83 bits per heavy atom. The third-order valence-corrected chi connectivity index (χ3v) is 7.22. The molecule has 0 spiro atoms. The lowest BCUT2D eigenvalue weighted by Gasteiger charge is -2.49. The van der Waals surface area contributed by atoms with Gasteiger partial charge in [-0.3, -0.25) is 9.69 Å². The van der Waals surface area contributed by atoms with Crippen LogP contribution >= 0.6 is 0 Å². The van der Waals surface area contributed by atoms with E-state index in [9.17, 15) is 9.18 Å². The second-order valence-corrected chi connectivity index (χ2v) is 9.45. The highest BCUT2D eigenvalue weighted by Gasteiger charge is 2.41. The number of carbonyl (C=O) groups is 1. The number of amides is 1. The summed E-state index contributed by atoms with van der Waals surface area (Å²) in [6.07, 6.45) is 1.53. The fraction of sp³-hybridized carbons (Fsp3) is 0.345. The van der Waals surface area contributed by atoms with E-state index in [0.717, 1.165) is 43.9 Å². The second-order valence-electron chi connectivity index (χ2n) is 9.45. The minimum absolute atomic E-state index is 0.0699. The summed E-state index contributed by atoms with van der Waals surface area (Å²) in [4.78, 5) is 18.2. The predicted octanol–water partition coefficient (Wildman–Crippen LogP) is 4.06. The normalized spacial score (nSPS) is 19.5. The average molecular weight is 474 g/mol. The Balaban J connectivity index is 1.33. The number of halogens is 1. The molecule has 1 fully saturated rings. The number of hydrogen-bond acceptors (Lipinski definition) is 4. The first-order chi connectivity index (χ1) is 17.1. The van der Waals surface area contributed by atoms with Gasteiger partial charge in [0.2, 0.25) is 5.91 Å². The van der Waals surface area contributed by atoms with Crippen molar-refractivity contribution >= 4 is 11.6 Å². The Bertz CT molecular complexity index is 1150. The summed E-state index contributed by atoms with van der Waals surface area (Å²) in [6, 6.07) is 23.2. The zero-order valence-corrected chi connectivity index (χ0v) is 20.1. The number of rotatable bonds is 7. The summed E-state index contributed by atoms with van der Waals surface area (Å²) in [6.45, 7) is 3.87. The van der Waals surface area contributed by atoms with E-state index >= 15 is 0 Å². The van der Waals surface area contributed by atoms with E-state index in [1.165, 1.54) is 28.9 Å². The Labute approximate surface area is 206 Å². The highest BCUT2D eigenvalue weighted by molar-refractivity contribution is 5.82. The van der Waals surface area contributed by atoms with E-state index in [2.05, 4.69) is 39.4 Å². The minimum atomic E-state index is -0.219. The van der Waals surface area contributed by atoms with Crippen LogP contribution in [0.5, 0.6) is 5.75 Å². The summed E-state index contributed by atoms with van der Waals surface area (Å²) in [5, 5.41) is 3.21. The van der Waals surface area contributed by atoms with Gasteiger partial charge in [-0.25, -0.2) is 4.39 Å². The van der Waals surface area contributed by atoms with Crippen molar-refractivity contribution in [1.82, 2.24) is 10.2 Å². The maximum atomic E-state index is 13.5. The molecule has 1 amide bonds. The first kappa shape index (κ1) is 23.4. The van der Waals surface area contributed by atoms with Gasteiger partial charge in [0.15, 0.2) is 0 Å². The van der Waals surface area contributed by atoms with Crippen molar-refractivity contribution < 1.29 is 13.9 Å². The summed E-state index contributed by atoms with van der Waals surface area (Å²) in [5.41, 5.74) is 4.67. The molecule has 1 N–H and O–H groups in total. The molecular formula is C29H32FN3O2. The van der Waals surface area contributed by atoms with Crippen LogP contribution in [0.3, 0.4) is 0 Å². The van der Waals surface area contributed by atoms with Crippen molar-refractivity contribution in [2.75, 3.05) is 38.2 Å². The number of hydrogen-bond donors (Lipinski definition) is 1. The number of fused-ring (bicyclic) bond motifs is 3. The topological polar surface area (TPSA) is 44.8 Å². The van der Waals surface area contributed by atoms with E-state index < -0.39 is 0 Å². The predicted molar refractivity (Wildman–Crippen MR) is 136 cm³/mol. The van der Waals surface area contributed by atoms with Crippen molar-refractivity contribution in [2.24, 2.45) is 5.92 Å². The molecule has 2 heterocycles. The maximum absolute atomic E-state index is 13.5. The zero-order valence-electron chi connectivity index (χ0n) is 20.1. The van der Waals surface area contributed by atoms with E-state index in [1.54, 1.807) is 7.11 Å². The van der Waals surface area contributed by atoms with Gasteiger partial charge in [-0.15, -0.1) is 0 Å². The molecule has 2 aliphatic heterocycles. The van der Waals surface area contributed by atoms with E-state index in [4.69, 9.17) is 4.74 Å². The summed E-state index contributed by atoms with van der Waals surface area (Å²) in [5.74, 6) is 0.592. The van der Waals surface area contributed by atoms with Crippen LogP contribution in [0.15, 0.2) is 72.8 Å². The molecule has 0 radical (unpaired) electrons. The smallest absolute Gasteiger partial charge is 0.225 e. The SMILES string of the molecule is COc1ccc2c(c1)N1CCN(Cc3ccc(F)cc3)C[C@@H]1[C@H](C(=O)NCCc1ccccc1)C2. The van der Waals surface area contributed by atoms with Crippen molar-refractivity contribution in [3.8, 4) is 5.75 Å². The number of nitrogens with zero attached hydrogens (tertiary/aromatic N) is 2. The van der Waals surface area contributed by atoms with Gasteiger partial charge in [-0.1, -0.05) is 48.5 Å². The highest BCUT2D eigenvalue weighted by Crippen LogP contribution is 2.38. The third-order valence-electron chi connectivity index (χ3n) is 7.22.